The van der Waals surface area contributed by atoms with E-state index in [1.54, 1.807) is 0 Å². The molecule has 9 rings (SSSR count). The molecule has 3 aromatic carbocycles. The summed E-state index contributed by atoms with van der Waals surface area (Å²) < 4.78 is 29.4. The third-order valence-corrected chi connectivity index (χ3v) is 8.11. The first-order valence-electron chi connectivity index (χ1n) is 15.9. The first kappa shape index (κ1) is 29.3. The first-order valence-corrected chi connectivity index (χ1v) is 15.9. The topological polar surface area (TPSA) is 181 Å². The highest BCUT2D eigenvalue weighted by molar-refractivity contribution is 6.06. The summed E-state index contributed by atoms with van der Waals surface area (Å²) in [6, 6.07) is 19.3. The summed E-state index contributed by atoms with van der Waals surface area (Å²) in [7, 11) is 0. The number of nitrogens with zero attached hydrogens (tertiary/aromatic N) is 8. The van der Waals surface area contributed by atoms with Crippen LogP contribution in [0.3, 0.4) is 0 Å². The zero-order valence-electron chi connectivity index (χ0n) is 26.0. The van der Waals surface area contributed by atoms with Crippen LogP contribution in [0, 0.1) is 0 Å². The maximum atomic E-state index is 6.22. The Bertz CT molecular complexity index is 2220. The SMILES string of the molecule is c1ccc2c(c1)-c1nc-2nc2[nH]c(nc3nc(nc4nnc(n1)[nH]4)-c1ccccc1-3)c1cc3c(cc21)OCCOCCOCCOCCO3. The van der Waals surface area contributed by atoms with E-state index in [1.807, 2.05) is 60.7 Å². The number of ether oxygens (including phenoxy) is 5. The highest BCUT2D eigenvalue weighted by atomic mass is 16.6. The van der Waals surface area contributed by atoms with Gasteiger partial charge in [0.05, 0.1) is 39.6 Å². The van der Waals surface area contributed by atoms with Crippen molar-refractivity contribution in [3.8, 4) is 57.1 Å². The Morgan fingerprint density at radius 2 is 0.816 bits per heavy atom. The normalized spacial score (nSPS) is 15.2. The zero-order valence-corrected chi connectivity index (χ0v) is 26.0. The first-order chi connectivity index (χ1) is 24.3. The smallest absolute Gasteiger partial charge is 0.251 e. The lowest BCUT2D eigenvalue weighted by Crippen LogP contribution is -2.13. The van der Waals surface area contributed by atoms with Crippen molar-refractivity contribution in [2.45, 2.75) is 0 Å². The van der Waals surface area contributed by atoms with Crippen LogP contribution in [-0.4, -0.2) is 103 Å². The number of nitrogens with one attached hydrogen (secondary N) is 2. The monoisotopic (exact) mass is 656 g/mol. The molecule has 0 saturated heterocycles. The Hall–Kier alpha value is -5.90. The second-order valence-corrected chi connectivity index (χ2v) is 11.2. The molecular weight excluding hydrogens is 628 g/mol. The Balaban J connectivity index is 1.30. The molecule has 15 nitrogen and oxygen atoms in total. The summed E-state index contributed by atoms with van der Waals surface area (Å²) in [4.78, 5) is 35.6. The number of rotatable bonds is 0. The van der Waals surface area contributed by atoms with Gasteiger partial charge in [-0.2, -0.15) is 9.97 Å². The van der Waals surface area contributed by atoms with Crippen LogP contribution >= 0.6 is 0 Å². The molecule has 0 unspecified atom stereocenters. The molecule has 244 valence electrons. The van der Waals surface area contributed by atoms with Crippen molar-refractivity contribution in [1.82, 2.24) is 50.1 Å². The van der Waals surface area contributed by atoms with Crippen LogP contribution in [0.5, 0.6) is 11.5 Å². The van der Waals surface area contributed by atoms with Crippen molar-refractivity contribution >= 4 is 33.6 Å². The van der Waals surface area contributed by atoms with Crippen LogP contribution in [0.15, 0.2) is 60.7 Å². The van der Waals surface area contributed by atoms with Gasteiger partial charge in [0.15, 0.2) is 34.8 Å². The number of hydrogen-bond donors (Lipinski definition) is 2. The van der Waals surface area contributed by atoms with E-state index in [-0.39, 0.29) is 11.6 Å². The van der Waals surface area contributed by atoms with E-state index in [0.717, 1.165) is 33.0 Å². The quantitative estimate of drug-likeness (QED) is 0.236. The summed E-state index contributed by atoms with van der Waals surface area (Å²) in [5.74, 6) is 3.41. The van der Waals surface area contributed by atoms with Gasteiger partial charge in [-0.25, -0.2) is 19.9 Å². The second-order valence-electron chi connectivity index (χ2n) is 11.2. The fraction of sp³-hybridized carbons (Fsp3) is 0.235. The Morgan fingerprint density at radius 1 is 0.429 bits per heavy atom. The average molecular weight is 657 g/mol. The molecule has 8 bridgehead atoms. The van der Waals surface area contributed by atoms with Crippen molar-refractivity contribution in [3.05, 3.63) is 60.7 Å². The number of H-pyrrole nitrogens is 2. The van der Waals surface area contributed by atoms with Gasteiger partial charge in [-0.1, -0.05) is 48.5 Å². The molecule has 3 aliphatic heterocycles. The summed E-state index contributed by atoms with van der Waals surface area (Å²) in [5.41, 5.74) is 4.31. The molecule has 6 aromatic rings. The lowest BCUT2D eigenvalue weighted by atomic mass is 10.1. The molecule has 0 atom stereocenters. The number of hydrogen-bond acceptors (Lipinski definition) is 13. The van der Waals surface area contributed by atoms with Gasteiger partial charge in [0.2, 0.25) is 0 Å². The van der Waals surface area contributed by atoms with Gasteiger partial charge in [0, 0.05) is 33.0 Å². The number of aromatic nitrogens is 10. The molecule has 0 saturated carbocycles. The Kier molecular flexibility index (Phi) is 7.53. The highest BCUT2D eigenvalue weighted by Crippen LogP contribution is 2.39. The van der Waals surface area contributed by atoms with Gasteiger partial charge in [0.1, 0.15) is 24.5 Å². The third-order valence-electron chi connectivity index (χ3n) is 8.11. The molecule has 6 heterocycles. The zero-order chi connectivity index (χ0) is 32.6. The van der Waals surface area contributed by atoms with Crippen LogP contribution in [0.4, 0.5) is 0 Å². The van der Waals surface area contributed by atoms with E-state index in [4.69, 9.17) is 43.6 Å². The van der Waals surface area contributed by atoms with Crippen LogP contribution in [0.25, 0.3) is 79.2 Å². The predicted octanol–water partition coefficient (Wildman–Crippen LogP) is 4.33. The molecule has 3 aliphatic rings. The molecule has 2 N–H and O–H groups in total. The van der Waals surface area contributed by atoms with E-state index < -0.39 is 0 Å². The van der Waals surface area contributed by atoms with Gasteiger partial charge in [-0.05, 0) is 12.1 Å². The van der Waals surface area contributed by atoms with E-state index >= 15 is 0 Å². The average Bonchev–Trinajstić information content (AvgIpc) is 3.88. The number of benzene rings is 3. The fourth-order valence-corrected chi connectivity index (χ4v) is 5.85. The van der Waals surface area contributed by atoms with Gasteiger partial charge < -0.3 is 28.7 Å². The van der Waals surface area contributed by atoms with Crippen LogP contribution in [0.2, 0.25) is 0 Å². The van der Waals surface area contributed by atoms with Crippen molar-refractivity contribution < 1.29 is 23.7 Å². The standard InChI is InChI=1S/C34H28N10O5/c1-3-7-21-19(5-1)27-35-29(21)40-33-42-34(44-43-33)41-30-22-8-4-2-6-20(22)28(36-30)38-32-24-18-26-25(17-23(24)31(37-27)39-32)48-15-13-46-11-9-45-10-12-47-14-16-49-26/h1-8,17-18H,9-16H2,(H2,35,36,37,38,39,40,41,42,43,44). The van der Waals surface area contributed by atoms with Crippen molar-refractivity contribution in [1.29, 1.82) is 0 Å². The van der Waals surface area contributed by atoms with Gasteiger partial charge in [0.25, 0.3) is 11.6 Å². The molecule has 15 heteroatoms. The second kappa shape index (κ2) is 12.6. The Morgan fingerprint density at radius 3 is 1.24 bits per heavy atom. The van der Waals surface area contributed by atoms with Crippen LogP contribution < -0.4 is 9.47 Å². The summed E-state index contributed by atoms with van der Waals surface area (Å²) in [6.45, 7) is 3.28. The van der Waals surface area contributed by atoms with Crippen LogP contribution in [0.1, 0.15) is 0 Å². The molecule has 0 fully saturated rings. The summed E-state index contributed by atoms with van der Waals surface area (Å²) >= 11 is 0. The van der Waals surface area contributed by atoms with Crippen molar-refractivity contribution in [2.24, 2.45) is 0 Å². The largest absolute Gasteiger partial charge is 0.487 e. The van der Waals surface area contributed by atoms with Crippen molar-refractivity contribution in [3.63, 3.8) is 0 Å². The molecule has 0 radical (unpaired) electrons. The van der Waals surface area contributed by atoms with E-state index in [0.29, 0.717) is 98.9 Å². The number of fused-ring (bicyclic) bond motifs is 18. The summed E-state index contributed by atoms with van der Waals surface area (Å²) in [5, 5.41) is 9.88. The molecule has 0 spiro atoms. The maximum Gasteiger partial charge on any atom is 0.251 e. The molecule has 0 aliphatic carbocycles. The minimum absolute atomic E-state index is 0.256. The minimum atomic E-state index is 0.256. The lowest BCUT2D eigenvalue weighted by molar-refractivity contribution is 0.00708. The minimum Gasteiger partial charge on any atom is -0.487 e. The summed E-state index contributed by atoms with van der Waals surface area (Å²) in [6.07, 6.45) is 0. The number of aromatic amines is 2. The van der Waals surface area contributed by atoms with E-state index in [9.17, 15) is 0 Å². The van der Waals surface area contributed by atoms with E-state index in [2.05, 4.69) is 30.1 Å². The van der Waals surface area contributed by atoms with Gasteiger partial charge >= 0.3 is 0 Å². The van der Waals surface area contributed by atoms with Crippen LogP contribution in [-0.2, 0) is 14.2 Å². The Labute approximate surface area is 277 Å². The molecule has 3 aromatic heterocycles. The lowest BCUT2D eigenvalue weighted by Gasteiger charge is -2.13. The predicted molar refractivity (Wildman–Crippen MR) is 178 cm³/mol. The third kappa shape index (κ3) is 5.69. The molecule has 49 heavy (non-hydrogen) atoms. The van der Waals surface area contributed by atoms with Gasteiger partial charge in [-0.15, -0.1) is 10.2 Å². The van der Waals surface area contributed by atoms with Crippen molar-refractivity contribution in [2.75, 3.05) is 52.9 Å². The maximum absolute atomic E-state index is 6.22. The fourth-order valence-electron chi connectivity index (χ4n) is 5.85. The van der Waals surface area contributed by atoms with Gasteiger partial charge in [-0.3, -0.25) is 4.98 Å². The van der Waals surface area contributed by atoms with E-state index in [1.165, 1.54) is 0 Å². The molecule has 0 amide bonds. The highest BCUT2D eigenvalue weighted by Gasteiger charge is 2.22. The molecular formula is C34H28N10O5.